The van der Waals surface area contributed by atoms with Crippen LogP contribution in [0, 0.1) is 0 Å². The van der Waals surface area contributed by atoms with Crippen molar-refractivity contribution in [3.05, 3.63) is 35.9 Å². The minimum absolute atomic E-state index is 0.0252. The van der Waals surface area contributed by atoms with Gasteiger partial charge in [0.1, 0.15) is 0 Å². The molecule has 1 amide bonds. The lowest BCUT2D eigenvalue weighted by Crippen LogP contribution is -2.15. The molecule has 0 spiro atoms. The van der Waals surface area contributed by atoms with Crippen LogP contribution in [0.2, 0.25) is 0 Å². The molecule has 0 N–H and O–H groups in total. The Balaban J connectivity index is 1.99. The fourth-order valence-corrected chi connectivity index (χ4v) is 3.15. The molecule has 0 unspecified atom stereocenters. The number of amides is 1. The predicted octanol–water partition coefficient (Wildman–Crippen LogP) is 2.39. The second kappa shape index (κ2) is 3.20. The van der Waals surface area contributed by atoms with Crippen LogP contribution in [-0.4, -0.2) is 16.7 Å². The van der Waals surface area contributed by atoms with Gasteiger partial charge in [0.05, 0.1) is 10.8 Å². The Kier molecular flexibility index (Phi) is 1.96. The van der Waals surface area contributed by atoms with Gasteiger partial charge >= 0.3 is 0 Å². The molecule has 2 nitrogen and oxygen atoms in total. The van der Waals surface area contributed by atoms with Gasteiger partial charge in [-0.25, -0.2) is 4.99 Å². The minimum Gasteiger partial charge on any atom is -0.272 e. The first-order chi connectivity index (χ1) is 7.31. The first-order valence-corrected chi connectivity index (χ1v) is 6.10. The van der Waals surface area contributed by atoms with Crippen LogP contribution >= 0.6 is 11.8 Å². The Bertz CT molecular complexity index is 434. The highest BCUT2D eigenvalue weighted by Crippen LogP contribution is 2.52. The molecule has 0 radical (unpaired) electrons. The lowest BCUT2D eigenvalue weighted by Gasteiger charge is -2.14. The molecule has 1 heterocycles. The number of carbonyl (C=O) groups is 1. The largest absolute Gasteiger partial charge is 0.272 e. The zero-order valence-electron chi connectivity index (χ0n) is 8.27. The lowest BCUT2D eigenvalue weighted by atomic mass is 9.97. The molecule has 3 heteroatoms. The summed E-state index contributed by atoms with van der Waals surface area (Å²) in [6.07, 6.45) is 2.27. The molecule has 1 aliphatic carbocycles. The molecule has 0 saturated heterocycles. The molecule has 76 valence electrons. The maximum Gasteiger partial charge on any atom is 0.256 e. The second-order valence-corrected chi connectivity index (χ2v) is 5.01. The monoisotopic (exact) mass is 217 g/mol. The summed E-state index contributed by atoms with van der Waals surface area (Å²) in [5, 5.41) is 1.04. The summed E-state index contributed by atoms with van der Waals surface area (Å²) in [5.74, 6) is 0.557. The van der Waals surface area contributed by atoms with Gasteiger partial charge in [0.2, 0.25) is 0 Å². The highest BCUT2D eigenvalue weighted by Gasteiger charge is 2.50. The number of nitrogens with zero attached hydrogens (tertiary/aromatic N) is 1. The Hall–Kier alpha value is -1.09. The van der Waals surface area contributed by atoms with Gasteiger partial charge in [-0.1, -0.05) is 42.1 Å². The van der Waals surface area contributed by atoms with Gasteiger partial charge in [-0.15, -0.1) is 0 Å². The number of hydrogen-bond acceptors (Lipinski definition) is 2. The first kappa shape index (κ1) is 9.16. The summed E-state index contributed by atoms with van der Waals surface area (Å²) in [7, 11) is 0. The Morgan fingerprint density at radius 3 is 2.47 bits per heavy atom. The van der Waals surface area contributed by atoms with Gasteiger partial charge in [-0.05, 0) is 18.4 Å². The van der Waals surface area contributed by atoms with Gasteiger partial charge in [-0.3, -0.25) is 4.79 Å². The maximum absolute atomic E-state index is 11.2. The van der Waals surface area contributed by atoms with Crippen LogP contribution in [-0.2, 0) is 10.2 Å². The van der Waals surface area contributed by atoms with Gasteiger partial charge < -0.3 is 0 Å². The average Bonchev–Trinajstić information content (AvgIpc) is 2.98. The normalized spacial score (nSPS) is 22.7. The van der Waals surface area contributed by atoms with Crippen LogP contribution in [0.25, 0.3) is 0 Å². The van der Waals surface area contributed by atoms with Crippen molar-refractivity contribution in [1.82, 2.24) is 0 Å². The smallest absolute Gasteiger partial charge is 0.256 e. The van der Waals surface area contributed by atoms with Crippen LogP contribution in [0.3, 0.4) is 0 Å². The van der Waals surface area contributed by atoms with E-state index in [2.05, 4.69) is 29.3 Å². The van der Waals surface area contributed by atoms with E-state index in [1.807, 2.05) is 6.07 Å². The van der Waals surface area contributed by atoms with Crippen LogP contribution < -0.4 is 0 Å². The van der Waals surface area contributed by atoms with E-state index in [4.69, 9.17) is 0 Å². The fourth-order valence-electron chi connectivity index (χ4n) is 2.06. The third kappa shape index (κ3) is 1.42. The highest BCUT2D eigenvalue weighted by atomic mass is 32.2. The summed E-state index contributed by atoms with van der Waals surface area (Å²) >= 11 is 1.62. The van der Waals surface area contributed by atoms with Crippen molar-refractivity contribution >= 4 is 22.7 Å². The molecule has 0 bridgehead atoms. The highest BCUT2D eigenvalue weighted by molar-refractivity contribution is 8.15. The lowest BCUT2D eigenvalue weighted by molar-refractivity contribution is -0.115. The van der Waals surface area contributed by atoms with E-state index < -0.39 is 0 Å². The molecule has 1 saturated carbocycles. The molecule has 15 heavy (non-hydrogen) atoms. The number of rotatable bonds is 2. The number of thioether (sulfide) groups is 1. The average molecular weight is 217 g/mol. The van der Waals surface area contributed by atoms with Gasteiger partial charge in [0.15, 0.2) is 0 Å². The first-order valence-electron chi connectivity index (χ1n) is 5.12. The van der Waals surface area contributed by atoms with E-state index in [1.54, 1.807) is 11.8 Å². The third-order valence-electron chi connectivity index (χ3n) is 3.04. The van der Waals surface area contributed by atoms with Gasteiger partial charge in [0.25, 0.3) is 5.91 Å². The quantitative estimate of drug-likeness (QED) is 0.761. The summed E-state index contributed by atoms with van der Waals surface area (Å²) in [6, 6.07) is 10.4. The van der Waals surface area contributed by atoms with E-state index in [-0.39, 0.29) is 11.3 Å². The predicted molar refractivity (Wildman–Crippen MR) is 62.3 cm³/mol. The topological polar surface area (TPSA) is 29.4 Å². The van der Waals surface area contributed by atoms with Crippen molar-refractivity contribution < 1.29 is 4.79 Å². The molecule has 1 aromatic carbocycles. The van der Waals surface area contributed by atoms with Crippen molar-refractivity contribution in [2.45, 2.75) is 18.3 Å². The summed E-state index contributed by atoms with van der Waals surface area (Å²) in [5.41, 5.74) is 1.41. The van der Waals surface area contributed by atoms with Crippen molar-refractivity contribution in [2.24, 2.45) is 4.99 Å². The molecule has 2 aliphatic rings. The van der Waals surface area contributed by atoms with Crippen molar-refractivity contribution in [2.75, 3.05) is 5.75 Å². The molecule has 3 rings (SSSR count). The van der Waals surface area contributed by atoms with Gasteiger partial charge in [-0.2, -0.15) is 0 Å². The summed E-state index contributed by atoms with van der Waals surface area (Å²) in [6.45, 7) is 0. The Morgan fingerprint density at radius 2 is 1.93 bits per heavy atom. The maximum atomic E-state index is 11.2. The van der Waals surface area contributed by atoms with Crippen LogP contribution in [0.4, 0.5) is 0 Å². The summed E-state index contributed by atoms with van der Waals surface area (Å²) in [4.78, 5) is 15.3. The van der Waals surface area contributed by atoms with Crippen molar-refractivity contribution in [3.8, 4) is 0 Å². The third-order valence-corrected chi connectivity index (χ3v) is 4.19. The number of benzene rings is 1. The van der Waals surface area contributed by atoms with Crippen LogP contribution in [0.15, 0.2) is 35.3 Å². The van der Waals surface area contributed by atoms with Gasteiger partial charge in [0, 0.05) is 5.41 Å². The van der Waals surface area contributed by atoms with E-state index in [9.17, 15) is 4.79 Å². The number of hydrogen-bond donors (Lipinski definition) is 0. The molecule has 1 aliphatic heterocycles. The SMILES string of the molecule is O=C1CSC(C2(c3ccccc3)CC2)=N1. The van der Waals surface area contributed by atoms with Crippen molar-refractivity contribution in [3.63, 3.8) is 0 Å². The van der Waals surface area contributed by atoms with E-state index in [0.717, 1.165) is 17.9 Å². The molecule has 0 atom stereocenters. The standard InChI is InChI=1S/C12H11NOS/c14-10-8-15-11(13-10)12(6-7-12)9-4-2-1-3-5-9/h1-5H,6-8H2. The molecule has 0 aromatic heterocycles. The van der Waals surface area contributed by atoms with E-state index in [1.165, 1.54) is 5.56 Å². The van der Waals surface area contributed by atoms with Crippen LogP contribution in [0.5, 0.6) is 0 Å². The number of carbonyl (C=O) groups excluding carboxylic acids is 1. The van der Waals surface area contributed by atoms with Crippen molar-refractivity contribution in [1.29, 1.82) is 0 Å². The van der Waals surface area contributed by atoms with E-state index in [0.29, 0.717) is 5.75 Å². The molecular weight excluding hydrogens is 206 g/mol. The minimum atomic E-state index is 0.0252. The second-order valence-electron chi connectivity index (χ2n) is 4.05. The zero-order valence-corrected chi connectivity index (χ0v) is 9.09. The molecular formula is C12H11NOS. The Morgan fingerprint density at radius 1 is 1.20 bits per heavy atom. The molecule has 1 aromatic rings. The summed E-state index contributed by atoms with van der Waals surface area (Å²) < 4.78 is 0. The zero-order chi connectivity index (χ0) is 10.3. The Labute approximate surface area is 92.8 Å². The van der Waals surface area contributed by atoms with Crippen LogP contribution in [0.1, 0.15) is 18.4 Å². The van der Waals surface area contributed by atoms with E-state index >= 15 is 0 Å². The number of aliphatic imine (C=N–C) groups is 1. The fraction of sp³-hybridized carbons (Fsp3) is 0.333. The molecule has 1 fully saturated rings.